The lowest BCUT2D eigenvalue weighted by molar-refractivity contribution is -0.157. The number of carbonyl (C=O) groups excluding carboxylic acids is 3. The van der Waals surface area contributed by atoms with Crippen LogP contribution in [0.3, 0.4) is 0 Å². The monoisotopic (exact) mass is 407 g/mol. The standard InChI is InChI=1S/C20H22FNO7/c1-11-15(18(23)26-3)17(16(12(2)22-11)19(24)27-4)20(25)29-10-9-28-14-7-5-13(21)6-8-14/h5-8,15,17H,9-10H2,1-4H3/t15?,17-/m0/s1. The Morgan fingerprint density at radius 2 is 1.62 bits per heavy atom. The van der Waals surface area contributed by atoms with E-state index in [1.807, 2.05) is 0 Å². The minimum atomic E-state index is -1.25. The van der Waals surface area contributed by atoms with Crippen molar-refractivity contribution >= 4 is 23.6 Å². The number of aliphatic imine (C=N–C) groups is 1. The molecule has 0 bridgehead atoms. The van der Waals surface area contributed by atoms with Crippen molar-refractivity contribution in [3.8, 4) is 5.75 Å². The summed E-state index contributed by atoms with van der Waals surface area (Å²) in [6.45, 7) is 2.96. The molecule has 9 heteroatoms. The lowest BCUT2D eigenvalue weighted by Crippen LogP contribution is -2.42. The van der Waals surface area contributed by atoms with Crippen molar-refractivity contribution in [1.29, 1.82) is 0 Å². The fourth-order valence-corrected chi connectivity index (χ4v) is 3.02. The third-order valence-electron chi connectivity index (χ3n) is 4.35. The van der Waals surface area contributed by atoms with E-state index in [4.69, 9.17) is 18.9 Å². The summed E-state index contributed by atoms with van der Waals surface area (Å²) >= 11 is 0. The maximum Gasteiger partial charge on any atom is 0.336 e. The van der Waals surface area contributed by atoms with Crippen molar-refractivity contribution < 1.29 is 37.7 Å². The van der Waals surface area contributed by atoms with Gasteiger partial charge in [-0.25, -0.2) is 9.18 Å². The number of hydrogen-bond acceptors (Lipinski definition) is 8. The zero-order valence-corrected chi connectivity index (χ0v) is 16.6. The molecule has 1 unspecified atom stereocenters. The van der Waals surface area contributed by atoms with E-state index in [-0.39, 0.29) is 24.5 Å². The third kappa shape index (κ3) is 5.18. The van der Waals surface area contributed by atoms with Crippen LogP contribution in [0, 0.1) is 17.7 Å². The number of rotatable bonds is 7. The summed E-state index contributed by atoms with van der Waals surface area (Å²) in [7, 11) is 2.34. The highest BCUT2D eigenvalue weighted by Gasteiger charge is 2.46. The van der Waals surface area contributed by atoms with Gasteiger partial charge in [0.25, 0.3) is 0 Å². The fraction of sp³-hybridized carbons (Fsp3) is 0.400. The van der Waals surface area contributed by atoms with Gasteiger partial charge in [-0.2, -0.15) is 0 Å². The van der Waals surface area contributed by atoms with Gasteiger partial charge < -0.3 is 18.9 Å². The molecule has 0 fully saturated rings. The van der Waals surface area contributed by atoms with Gasteiger partial charge in [0.05, 0.1) is 19.8 Å². The summed E-state index contributed by atoms with van der Waals surface area (Å²) in [5.74, 6) is -4.66. The minimum absolute atomic E-state index is 0.00366. The van der Waals surface area contributed by atoms with Gasteiger partial charge in [0.15, 0.2) is 0 Å². The largest absolute Gasteiger partial charge is 0.490 e. The van der Waals surface area contributed by atoms with E-state index in [9.17, 15) is 18.8 Å². The Kier molecular flexibility index (Phi) is 7.46. The molecule has 1 aliphatic rings. The molecule has 29 heavy (non-hydrogen) atoms. The topological polar surface area (TPSA) is 100 Å². The summed E-state index contributed by atoms with van der Waals surface area (Å²) < 4.78 is 33.0. The van der Waals surface area contributed by atoms with E-state index >= 15 is 0 Å². The summed E-state index contributed by atoms with van der Waals surface area (Å²) in [5, 5.41) is 0. The summed E-state index contributed by atoms with van der Waals surface area (Å²) in [4.78, 5) is 41.5. The Labute approximate surface area is 167 Å². The van der Waals surface area contributed by atoms with Gasteiger partial charge in [-0.15, -0.1) is 0 Å². The number of benzene rings is 1. The van der Waals surface area contributed by atoms with Gasteiger partial charge in [-0.1, -0.05) is 0 Å². The van der Waals surface area contributed by atoms with Crippen LogP contribution < -0.4 is 4.74 Å². The second kappa shape index (κ2) is 9.81. The summed E-state index contributed by atoms with van der Waals surface area (Å²) in [5.41, 5.74) is 0.531. The van der Waals surface area contributed by atoms with Crippen LogP contribution in [0.15, 0.2) is 40.5 Å². The van der Waals surface area contributed by atoms with Crippen molar-refractivity contribution in [3.63, 3.8) is 0 Å². The average molecular weight is 407 g/mol. The molecule has 1 aliphatic heterocycles. The predicted octanol–water partition coefficient (Wildman–Crippen LogP) is 2.07. The van der Waals surface area contributed by atoms with E-state index < -0.39 is 35.6 Å². The van der Waals surface area contributed by atoms with Gasteiger partial charge in [0.2, 0.25) is 0 Å². The normalized spacial score (nSPS) is 18.6. The molecule has 1 aromatic carbocycles. The quantitative estimate of drug-likeness (QED) is 0.387. The van der Waals surface area contributed by atoms with E-state index in [0.29, 0.717) is 11.5 Å². The highest BCUT2D eigenvalue weighted by Crippen LogP contribution is 2.33. The molecule has 0 spiro atoms. The number of methoxy groups -OCH3 is 2. The first-order valence-electron chi connectivity index (χ1n) is 8.77. The van der Waals surface area contributed by atoms with Crippen LogP contribution >= 0.6 is 0 Å². The van der Waals surface area contributed by atoms with Gasteiger partial charge in [-0.3, -0.25) is 14.6 Å². The molecule has 0 saturated heterocycles. The molecule has 1 heterocycles. The Morgan fingerprint density at radius 1 is 0.966 bits per heavy atom. The van der Waals surface area contributed by atoms with Crippen LogP contribution in [0.1, 0.15) is 13.8 Å². The highest BCUT2D eigenvalue weighted by atomic mass is 19.1. The van der Waals surface area contributed by atoms with Crippen LogP contribution in [0.4, 0.5) is 4.39 Å². The Balaban J connectivity index is 2.13. The molecule has 1 aromatic rings. The number of esters is 3. The van der Waals surface area contributed by atoms with Crippen LogP contribution in [0.2, 0.25) is 0 Å². The molecule has 0 amide bonds. The number of nitrogens with zero attached hydrogens (tertiary/aromatic N) is 1. The number of carbonyl (C=O) groups is 3. The van der Waals surface area contributed by atoms with Crippen LogP contribution in [0.25, 0.3) is 0 Å². The average Bonchev–Trinajstić information content (AvgIpc) is 2.70. The number of halogens is 1. The van der Waals surface area contributed by atoms with Gasteiger partial charge >= 0.3 is 17.9 Å². The number of ether oxygens (including phenoxy) is 4. The van der Waals surface area contributed by atoms with E-state index in [2.05, 4.69) is 4.99 Å². The summed E-state index contributed by atoms with van der Waals surface area (Å²) in [6, 6.07) is 5.35. The first-order chi connectivity index (χ1) is 13.8. The maximum atomic E-state index is 12.9. The molecular formula is C20H22FNO7. The number of allylic oxidation sites excluding steroid dienone is 1. The molecule has 8 nitrogen and oxygen atoms in total. The zero-order valence-electron chi connectivity index (χ0n) is 16.6. The van der Waals surface area contributed by atoms with Crippen LogP contribution in [0.5, 0.6) is 5.75 Å². The summed E-state index contributed by atoms with van der Waals surface area (Å²) in [6.07, 6.45) is 0. The van der Waals surface area contributed by atoms with Crippen molar-refractivity contribution in [2.75, 3.05) is 27.4 Å². The molecule has 0 aromatic heterocycles. The molecule has 2 rings (SSSR count). The maximum absolute atomic E-state index is 12.9. The molecule has 0 aliphatic carbocycles. The van der Waals surface area contributed by atoms with E-state index in [0.717, 1.165) is 0 Å². The third-order valence-corrected chi connectivity index (χ3v) is 4.35. The van der Waals surface area contributed by atoms with Gasteiger partial charge in [-0.05, 0) is 38.1 Å². The Morgan fingerprint density at radius 3 is 2.21 bits per heavy atom. The Bertz CT molecular complexity index is 845. The second-order valence-corrected chi connectivity index (χ2v) is 6.19. The van der Waals surface area contributed by atoms with Crippen molar-refractivity contribution in [2.45, 2.75) is 13.8 Å². The number of hydrogen-bond donors (Lipinski definition) is 0. The smallest absolute Gasteiger partial charge is 0.336 e. The molecule has 0 saturated carbocycles. The van der Waals surface area contributed by atoms with Gasteiger partial charge in [0.1, 0.15) is 36.6 Å². The highest BCUT2D eigenvalue weighted by molar-refractivity contribution is 6.10. The van der Waals surface area contributed by atoms with Crippen molar-refractivity contribution in [3.05, 3.63) is 41.4 Å². The van der Waals surface area contributed by atoms with Crippen LogP contribution in [-0.4, -0.2) is 51.1 Å². The van der Waals surface area contributed by atoms with E-state index in [1.54, 1.807) is 13.8 Å². The van der Waals surface area contributed by atoms with Crippen molar-refractivity contribution in [1.82, 2.24) is 0 Å². The second-order valence-electron chi connectivity index (χ2n) is 6.19. The Hall–Kier alpha value is -3.23. The van der Waals surface area contributed by atoms with Gasteiger partial charge in [0, 0.05) is 11.4 Å². The van der Waals surface area contributed by atoms with Crippen LogP contribution in [-0.2, 0) is 28.6 Å². The molecular weight excluding hydrogens is 385 g/mol. The molecule has 0 N–H and O–H groups in total. The SMILES string of the molecule is COC(=O)C1=C(C)N=C(C)C(C(=O)OC)[C@@H]1C(=O)OCCOc1ccc(F)cc1. The predicted molar refractivity (Wildman–Crippen MR) is 99.7 cm³/mol. The van der Waals surface area contributed by atoms with E-state index in [1.165, 1.54) is 38.5 Å². The fourth-order valence-electron chi connectivity index (χ4n) is 3.02. The first kappa shape index (κ1) is 22.1. The molecule has 0 radical (unpaired) electrons. The minimum Gasteiger partial charge on any atom is -0.490 e. The lowest BCUT2D eigenvalue weighted by atomic mass is 9.80. The lowest BCUT2D eigenvalue weighted by Gasteiger charge is -2.29. The molecule has 2 atom stereocenters. The zero-order chi connectivity index (χ0) is 21.6. The van der Waals surface area contributed by atoms with Crippen molar-refractivity contribution in [2.24, 2.45) is 16.8 Å². The first-order valence-corrected chi connectivity index (χ1v) is 8.77. The molecule has 156 valence electrons.